The van der Waals surface area contributed by atoms with Crippen molar-refractivity contribution in [2.45, 2.75) is 13.5 Å². The highest BCUT2D eigenvalue weighted by Crippen LogP contribution is 2.41. The van der Waals surface area contributed by atoms with Crippen LogP contribution in [0.5, 0.6) is 0 Å². The predicted molar refractivity (Wildman–Crippen MR) is 81.4 cm³/mol. The van der Waals surface area contributed by atoms with Crippen molar-refractivity contribution < 1.29 is 4.57 Å². The van der Waals surface area contributed by atoms with E-state index in [0.29, 0.717) is 5.92 Å². The number of allylic oxidation sites excluding steroid dienone is 7. The number of pyridine rings is 1. The SMILES string of the molecule is C=C/C=C(\C=C/C)c1cc[n+](CC2C(=C)C2=C)cc1. The topological polar surface area (TPSA) is 3.88 Å². The summed E-state index contributed by atoms with van der Waals surface area (Å²) < 4.78 is 2.18. The van der Waals surface area contributed by atoms with Crippen LogP contribution in [0.4, 0.5) is 0 Å². The first-order valence-electron chi connectivity index (χ1n) is 6.50. The molecule has 0 unspecified atom stereocenters. The molecule has 0 bridgehead atoms. The summed E-state index contributed by atoms with van der Waals surface area (Å²) in [6.45, 7) is 14.7. The van der Waals surface area contributed by atoms with Crippen molar-refractivity contribution in [3.8, 4) is 0 Å². The van der Waals surface area contributed by atoms with Gasteiger partial charge in [-0.2, -0.15) is 0 Å². The molecular weight excluding hydrogens is 230 g/mol. The van der Waals surface area contributed by atoms with Gasteiger partial charge in [0, 0.05) is 12.1 Å². The van der Waals surface area contributed by atoms with E-state index in [-0.39, 0.29) is 0 Å². The van der Waals surface area contributed by atoms with E-state index in [1.54, 1.807) is 0 Å². The Bertz CT molecular complexity index is 556. The highest BCUT2D eigenvalue weighted by Gasteiger charge is 2.36. The predicted octanol–water partition coefficient (Wildman–Crippen LogP) is 3.86. The van der Waals surface area contributed by atoms with Gasteiger partial charge < -0.3 is 0 Å². The Morgan fingerprint density at radius 3 is 2.37 bits per heavy atom. The number of hydrogen-bond donors (Lipinski definition) is 0. The van der Waals surface area contributed by atoms with Crippen molar-refractivity contribution in [2.24, 2.45) is 5.92 Å². The Morgan fingerprint density at radius 2 is 1.89 bits per heavy atom. The Labute approximate surface area is 115 Å². The average Bonchev–Trinajstić information content (AvgIpc) is 2.98. The van der Waals surface area contributed by atoms with Crippen LogP contribution in [0.25, 0.3) is 5.57 Å². The number of rotatable bonds is 5. The number of nitrogens with zero attached hydrogens (tertiary/aromatic N) is 1. The molecule has 1 saturated carbocycles. The third kappa shape index (κ3) is 3.00. The van der Waals surface area contributed by atoms with E-state index >= 15 is 0 Å². The molecule has 19 heavy (non-hydrogen) atoms. The third-order valence-electron chi connectivity index (χ3n) is 3.43. The lowest BCUT2D eigenvalue weighted by molar-refractivity contribution is -0.698. The summed E-state index contributed by atoms with van der Waals surface area (Å²) in [5.41, 5.74) is 4.75. The van der Waals surface area contributed by atoms with Gasteiger partial charge >= 0.3 is 0 Å². The fourth-order valence-electron chi connectivity index (χ4n) is 2.13. The minimum absolute atomic E-state index is 0.467. The molecule has 0 aromatic carbocycles. The lowest BCUT2D eigenvalue weighted by Gasteiger charge is -2.01. The highest BCUT2D eigenvalue weighted by molar-refractivity contribution is 5.74. The smallest absolute Gasteiger partial charge is 0.169 e. The van der Waals surface area contributed by atoms with Crippen molar-refractivity contribution >= 4 is 5.57 Å². The standard InChI is InChI=1S/C18H20N/c1-5-7-16(8-6-2)17-9-11-19(12-10-17)13-18-14(3)15(18)4/h5-12,18H,1,3-4,13H2,2H3/q+1/b8-6-,16-7+. The Morgan fingerprint density at radius 1 is 1.26 bits per heavy atom. The second-order valence-corrected chi connectivity index (χ2v) is 4.74. The van der Waals surface area contributed by atoms with Gasteiger partial charge in [0.15, 0.2) is 18.9 Å². The molecule has 0 amide bonds. The molecule has 0 aliphatic heterocycles. The quantitative estimate of drug-likeness (QED) is 0.552. The van der Waals surface area contributed by atoms with Crippen LogP contribution in [-0.4, -0.2) is 0 Å². The molecule has 0 atom stereocenters. The molecule has 1 aliphatic rings. The molecule has 1 aromatic rings. The lowest BCUT2D eigenvalue weighted by Crippen LogP contribution is -2.33. The fraction of sp³-hybridized carbons (Fsp3) is 0.167. The van der Waals surface area contributed by atoms with Gasteiger partial charge in [0.2, 0.25) is 0 Å². The van der Waals surface area contributed by atoms with E-state index in [4.69, 9.17) is 0 Å². The largest absolute Gasteiger partial charge is 0.204 e. The Kier molecular flexibility index (Phi) is 3.96. The van der Waals surface area contributed by atoms with Crippen molar-refractivity contribution in [1.29, 1.82) is 0 Å². The molecule has 0 saturated heterocycles. The van der Waals surface area contributed by atoms with E-state index in [0.717, 1.165) is 6.54 Å². The zero-order chi connectivity index (χ0) is 13.8. The van der Waals surface area contributed by atoms with Gasteiger partial charge in [0.25, 0.3) is 0 Å². The molecule has 1 aliphatic carbocycles. The van der Waals surface area contributed by atoms with Crippen LogP contribution in [-0.2, 0) is 6.54 Å². The summed E-state index contributed by atoms with van der Waals surface area (Å²) in [5.74, 6) is 0.467. The molecule has 1 fully saturated rings. The Balaban J connectivity index is 2.13. The van der Waals surface area contributed by atoms with Crippen molar-refractivity contribution in [3.63, 3.8) is 0 Å². The van der Waals surface area contributed by atoms with E-state index in [1.807, 2.05) is 25.2 Å². The molecule has 0 N–H and O–H groups in total. The lowest BCUT2D eigenvalue weighted by atomic mass is 10.1. The van der Waals surface area contributed by atoms with Crippen LogP contribution < -0.4 is 4.57 Å². The summed E-state index contributed by atoms with van der Waals surface area (Å²) in [7, 11) is 0. The van der Waals surface area contributed by atoms with E-state index in [9.17, 15) is 0 Å². The minimum atomic E-state index is 0.467. The van der Waals surface area contributed by atoms with E-state index in [1.165, 1.54) is 22.3 Å². The van der Waals surface area contributed by atoms with Crippen molar-refractivity contribution in [2.75, 3.05) is 0 Å². The molecule has 0 radical (unpaired) electrons. The van der Waals surface area contributed by atoms with Crippen LogP contribution in [0.2, 0.25) is 0 Å². The van der Waals surface area contributed by atoms with Gasteiger partial charge in [-0.1, -0.05) is 44.0 Å². The summed E-state index contributed by atoms with van der Waals surface area (Å²) in [5, 5.41) is 0. The first-order chi connectivity index (χ1) is 9.17. The Hall–Kier alpha value is -2.15. The molecule has 96 valence electrons. The first-order valence-corrected chi connectivity index (χ1v) is 6.50. The van der Waals surface area contributed by atoms with Crippen LogP contribution in [0.3, 0.4) is 0 Å². The second kappa shape index (κ2) is 5.66. The van der Waals surface area contributed by atoms with Gasteiger partial charge in [-0.25, -0.2) is 4.57 Å². The molecule has 2 rings (SSSR count). The summed E-state index contributed by atoms with van der Waals surface area (Å²) in [6, 6.07) is 4.26. The highest BCUT2D eigenvalue weighted by atomic mass is 14.9. The van der Waals surface area contributed by atoms with Gasteiger partial charge in [-0.05, 0) is 29.2 Å². The molecule has 1 aromatic heterocycles. The normalized spacial score (nSPS) is 16.2. The van der Waals surface area contributed by atoms with Crippen LogP contribution in [0.1, 0.15) is 12.5 Å². The summed E-state index contributed by atoms with van der Waals surface area (Å²) in [6.07, 6.45) is 12.2. The number of hydrogen-bond acceptors (Lipinski definition) is 0. The first kappa shape index (κ1) is 13.3. The fourth-order valence-corrected chi connectivity index (χ4v) is 2.13. The van der Waals surface area contributed by atoms with Gasteiger partial charge in [0.05, 0.1) is 5.92 Å². The van der Waals surface area contributed by atoms with Gasteiger partial charge in [0.1, 0.15) is 0 Å². The number of aromatic nitrogens is 1. The van der Waals surface area contributed by atoms with Crippen molar-refractivity contribution in [1.82, 2.24) is 0 Å². The molecular formula is C18H20N+. The third-order valence-corrected chi connectivity index (χ3v) is 3.43. The maximum Gasteiger partial charge on any atom is 0.169 e. The minimum Gasteiger partial charge on any atom is -0.204 e. The van der Waals surface area contributed by atoms with Crippen LogP contribution in [0.15, 0.2) is 79.7 Å². The van der Waals surface area contributed by atoms with Crippen LogP contribution >= 0.6 is 0 Å². The second-order valence-electron chi connectivity index (χ2n) is 4.74. The summed E-state index contributed by atoms with van der Waals surface area (Å²) >= 11 is 0. The molecule has 1 nitrogen and oxygen atoms in total. The monoisotopic (exact) mass is 250 g/mol. The maximum absolute atomic E-state index is 3.98. The van der Waals surface area contributed by atoms with E-state index < -0.39 is 0 Å². The molecule has 1 heterocycles. The summed E-state index contributed by atoms with van der Waals surface area (Å²) in [4.78, 5) is 0. The average molecular weight is 250 g/mol. The van der Waals surface area contributed by atoms with Crippen molar-refractivity contribution in [3.05, 3.63) is 85.3 Å². The zero-order valence-electron chi connectivity index (χ0n) is 11.5. The van der Waals surface area contributed by atoms with E-state index in [2.05, 4.69) is 54.9 Å². The van der Waals surface area contributed by atoms with Gasteiger partial charge in [-0.3, -0.25) is 0 Å². The van der Waals surface area contributed by atoms with Gasteiger partial charge in [-0.15, -0.1) is 0 Å². The molecule has 0 spiro atoms. The van der Waals surface area contributed by atoms with Crippen LogP contribution in [0, 0.1) is 5.92 Å². The zero-order valence-corrected chi connectivity index (χ0v) is 11.5. The maximum atomic E-state index is 3.98. The molecule has 1 heteroatoms.